The van der Waals surface area contributed by atoms with Crippen LogP contribution >= 0.6 is 11.6 Å². The summed E-state index contributed by atoms with van der Waals surface area (Å²) in [6.45, 7) is 7.51. The van der Waals surface area contributed by atoms with Crippen molar-refractivity contribution in [2.75, 3.05) is 30.3 Å². The lowest BCUT2D eigenvalue weighted by Crippen LogP contribution is -2.37. The molecule has 1 aromatic heterocycles. The number of nitrogens with zero attached hydrogens (tertiary/aromatic N) is 2. The van der Waals surface area contributed by atoms with E-state index in [1.54, 1.807) is 0 Å². The second-order valence-corrected chi connectivity index (χ2v) is 12.3. The van der Waals surface area contributed by atoms with Crippen molar-refractivity contribution < 1.29 is 9.50 Å². The largest absolute Gasteiger partial charge is 0.390 e. The van der Waals surface area contributed by atoms with Crippen molar-refractivity contribution >= 4 is 23.4 Å². The minimum absolute atomic E-state index is 0.252. The van der Waals surface area contributed by atoms with E-state index in [1.807, 2.05) is 31.2 Å². The van der Waals surface area contributed by atoms with E-state index in [0.717, 1.165) is 56.7 Å². The van der Waals surface area contributed by atoms with E-state index in [4.69, 9.17) is 11.6 Å². The maximum atomic E-state index is 14.6. The molecule has 3 atom stereocenters. The highest BCUT2D eigenvalue weighted by Gasteiger charge is 2.30. The van der Waals surface area contributed by atoms with Gasteiger partial charge in [-0.05, 0) is 100 Å². The Labute approximate surface area is 232 Å². The molecule has 0 spiro atoms. The van der Waals surface area contributed by atoms with Crippen LogP contribution in [0.2, 0.25) is 5.02 Å². The molecule has 0 amide bonds. The fourth-order valence-electron chi connectivity index (χ4n) is 6.31. The third kappa shape index (κ3) is 8.78. The van der Waals surface area contributed by atoms with E-state index >= 15 is 0 Å². The van der Waals surface area contributed by atoms with Gasteiger partial charge >= 0.3 is 0 Å². The third-order valence-corrected chi connectivity index (χ3v) is 8.81. The molecule has 38 heavy (non-hydrogen) atoms. The Balaban J connectivity index is 1.27. The van der Waals surface area contributed by atoms with Crippen LogP contribution in [0.5, 0.6) is 0 Å². The number of aliphatic hydroxyl groups is 1. The molecule has 2 aliphatic carbocycles. The fraction of sp³-hybridized carbons (Fsp3) is 0.667. The monoisotopic (exact) mass is 545 g/mol. The predicted octanol–water partition coefficient (Wildman–Crippen LogP) is 6.66. The van der Waals surface area contributed by atoms with Crippen molar-refractivity contribution in [3.8, 4) is 0 Å². The number of hydrogen-bond donors (Lipinski definition) is 4. The number of benzene rings is 1. The van der Waals surface area contributed by atoms with E-state index in [2.05, 4.69) is 32.8 Å². The first-order valence-corrected chi connectivity index (χ1v) is 14.9. The number of rotatable bonds is 12. The summed E-state index contributed by atoms with van der Waals surface area (Å²) in [6, 6.07) is 7.61. The molecule has 4 N–H and O–H groups in total. The van der Waals surface area contributed by atoms with Crippen LogP contribution in [0.25, 0.3) is 0 Å². The van der Waals surface area contributed by atoms with Gasteiger partial charge in [-0.25, -0.2) is 9.37 Å². The van der Waals surface area contributed by atoms with E-state index in [0.29, 0.717) is 41.8 Å². The molecule has 1 unspecified atom stereocenters. The smallest absolute Gasteiger partial charge is 0.225 e. The van der Waals surface area contributed by atoms with Crippen LogP contribution in [-0.2, 0) is 6.54 Å². The van der Waals surface area contributed by atoms with Gasteiger partial charge in [0.1, 0.15) is 0 Å². The molecule has 0 aliphatic heterocycles. The summed E-state index contributed by atoms with van der Waals surface area (Å²) in [7, 11) is 0. The molecule has 1 aromatic carbocycles. The summed E-state index contributed by atoms with van der Waals surface area (Å²) in [5.41, 5.74) is 0.471. The zero-order valence-electron chi connectivity index (χ0n) is 23.0. The lowest BCUT2D eigenvalue weighted by atomic mass is 9.73. The molecule has 2 aliphatic rings. The lowest BCUT2D eigenvalue weighted by Gasteiger charge is -2.36. The van der Waals surface area contributed by atoms with Crippen LogP contribution in [-0.4, -0.2) is 40.3 Å². The van der Waals surface area contributed by atoms with Gasteiger partial charge in [0.15, 0.2) is 11.6 Å². The van der Waals surface area contributed by atoms with Crippen molar-refractivity contribution in [1.82, 2.24) is 15.3 Å². The number of hydrogen-bond acceptors (Lipinski definition) is 6. The summed E-state index contributed by atoms with van der Waals surface area (Å²) >= 11 is 6.24. The SMILES string of the molecule is CCCC1C[C@@H](CNCC2CCC(C)(O)CC2)C[C@H](CNc2nc(NCc3ccccc3Cl)ncc2F)C1. The Bertz CT molecular complexity index is 1010. The second kappa shape index (κ2) is 13.9. The summed E-state index contributed by atoms with van der Waals surface area (Å²) in [6.07, 6.45) is 11.3. The van der Waals surface area contributed by atoms with E-state index in [9.17, 15) is 9.50 Å². The molecule has 6 nitrogen and oxygen atoms in total. The molecular formula is C30H45ClFN5O. The minimum Gasteiger partial charge on any atom is -0.390 e. The molecule has 8 heteroatoms. The zero-order chi connectivity index (χ0) is 27.0. The molecule has 0 saturated heterocycles. The predicted molar refractivity (Wildman–Crippen MR) is 154 cm³/mol. The highest BCUT2D eigenvalue weighted by molar-refractivity contribution is 6.31. The van der Waals surface area contributed by atoms with Crippen molar-refractivity contribution in [2.45, 2.75) is 83.8 Å². The van der Waals surface area contributed by atoms with Crippen LogP contribution in [0.4, 0.5) is 16.2 Å². The molecule has 2 aromatic rings. The van der Waals surface area contributed by atoms with Crippen molar-refractivity contribution in [3.63, 3.8) is 0 Å². The Hall–Kier alpha value is -1.96. The highest BCUT2D eigenvalue weighted by Crippen LogP contribution is 2.36. The number of nitrogens with one attached hydrogen (secondary N) is 3. The first-order valence-electron chi connectivity index (χ1n) is 14.5. The van der Waals surface area contributed by atoms with Gasteiger partial charge in [0, 0.05) is 18.1 Å². The Morgan fingerprint density at radius 2 is 1.68 bits per heavy atom. The molecular weight excluding hydrogens is 501 g/mol. The zero-order valence-corrected chi connectivity index (χ0v) is 23.7. The van der Waals surface area contributed by atoms with Gasteiger partial charge in [0.25, 0.3) is 0 Å². The van der Waals surface area contributed by atoms with Gasteiger partial charge in [0.05, 0.1) is 11.8 Å². The summed E-state index contributed by atoms with van der Waals surface area (Å²) in [5, 5.41) is 21.1. The molecule has 2 saturated carbocycles. The lowest BCUT2D eigenvalue weighted by molar-refractivity contribution is 0.00799. The van der Waals surface area contributed by atoms with Crippen molar-refractivity contribution in [2.24, 2.45) is 23.7 Å². The number of aromatic nitrogens is 2. The second-order valence-electron chi connectivity index (χ2n) is 11.9. The fourth-order valence-corrected chi connectivity index (χ4v) is 6.51. The average molecular weight is 546 g/mol. The molecule has 0 bridgehead atoms. The van der Waals surface area contributed by atoms with Crippen molar-refractivity contribution in [3.05, 3.63) is 46.9 Å². The maximum absolute atomic E-state index is 14.6. The number of anilines is 2. The normalized spacial score (nSPS) is 27.7. The Morgan fingerprint density at radius 3 is 2.42 bits per heavy atom. The summed E-state index contributed by atoms with van der Waals surface area (Å²) in [4.78, 5) is 8.51. The van der Waals surface area contributed by atoms with Crippen LogP contribution in [0, 0.1) is 29.5 Å². The van der Waals surface area contributed by atoms with E-state index < -0.39 is 11.4 Å². The summed E-state index contributed by atoms with van der Waals surface area (Å²) < 4.78 is 14.6. The topological polar surface area (TPSA) is 82.1 Å². The van der Waals surface area contributed by atoms with Gasteiger partial charge in [-0.3, -0.25) is 0 Å². The van der Waals surface area contributed by atoms with Crippen LogP contribution in [0.3, 0.4) is 0 Å². The first kappa shape index (κ1) is 29.0. The molecule has 2 fully saturated rings. The van der Waals surface area contributed by atoms with Gasteiger partial charge in [-0.2, -0.15) is 4.98 Å². The maximum Gasteiger partial charge on any atom is 0.225 e. The van der Waals surface area contributed by atoms with E-state index in [-0.39, 0.29) is 5.82 Å². The first-order chi connectivity index (χ1) is 18.3. The summed E-state index contributed by atoms with van der Waals surface area (Å²) in [5.74, 6) is 2.73. The van der Waals surface area contributed by atoms with Gasteiger partial charge < -0.3 is 21.1 Å². The standard InChI is InChI=1S/C30H45ClFN5O/c1-3-6-22-13-23(17-33-16-21-9-11-30(2,38)12-10-21)15-24(14-22)18-34-28-27(32)20-36-29(37-28)35-19-25-7-4-5-8-26(25)31/h4-5,7-8,20-24,33,38H,3,6,9-19H2,1-2H3,(H2,34,35,36,37)/t21?,22?,23-,24-,30?/m1/s1. The van der Waals surface area contributed by atoms with Gasteiger partial charge in [-0.15, -0.1) is 0 Å². The third-order valence-electron chi connectivity index (χ3n) is 8.44. The number of halogens is 2. The Kier molecular flexibility index (Phi) is 10.6. The van der Waals surface area contributed by atoms with Crippen LogP contribution in [0.1, 0.15) is 77.2 Å². The van der Waals surface area contributed by atoms with Gasteiger partial charge in [0.2, 0.25) is 5.95 Å². The quantitative estimate of drug-likeness (QED) is 0.239. The molecule has 1 heterocycles. The average Bonchev–Trinajstić information content (AvgIpc) is 2.89. The van der Waals surface area contributed by atoms with Crippen LogP contribution in [0.15, 0.2) is 30.5 Å². The molecule has 4 rings (SSSR count). The van der Waals surface area contributed by atoms with Crippen molar-refractivity contribution in [1.29, 1.82) is 0 Å². The molecule has 0 radical (unpaired) electrons. The molecule has 210 valence electrons. The highest BCUT2D eigenvalue weighted by atomic mass is 35.5. The van der Waals surface area contributed by atoms with Crippen LogP contribution < -0.4 is 16.0 Å². The minimum atomic E-state index is -0.469. The van der Waals surface area contributed by atoms with E-state index in [1.165, 1.54) is 31.9 Å². The van der Waals surface area contributed by atoms with Gasteiger partial charge in [-0.1, -0.05) is 49.6 Å². The Morgan fingerprint density at radius 1 is 1.00 bits per heavy atom.